The van der Waals surface area contributed by atoms with Gasteiger partial charge in [-0.25, -0.2) is 0 Å². The minimum Gasteiger partial charge on any atom is -0.290 e. The van der Waals surface area contributed by atoms with Gasteiger partial charge in [-0.15, -0.1) is 11.6 Å². The van der Waals surface area contributed by atoms with Gasteiger partial charge in [-0.3, -0.25) is 4.90 Å². The molecule has 0 aliphatic rings. The Morgan fingerprint density at radius 2 is 1.83 bits per heavy atom. The van der Waals surface area contributed by atoms with Gasteiger partial charge in [0.2, 0.25) is 0 Å². The Bertz CT molecular complexity index is 390. The molecule has 0 aromatic heterocycles. The maximum atomic E-state index is 12.4. The molecule has 0 radical (unpaired) electrons. The first kappa shape index (κ1) is 15.3. The molecule has 1 aromatic carbocycles. The van der Waals surface area contributed by atoms with Gasteiger partial charge >= 0.3 is 6.18 Å². The zero-order valence-corrected chi connectivity index (χ0v) is 11.3. The molecule has 0 bridgehead atoms. The monoisotopic (exact) mass is 279 g/mol. The van der Waals surface area contributed by atoms with E-state index in [1.807, 2.05) is 32.0 Å². The summed E-state index contributed by atoms with van der Waals surface area (Å²) in [6.45, 7) is 3.51. The standard InChI is InChI=1S/C13H17ClF3N/c1-10-3-4-12(7-11(10)2)8-18(6-5-14)9-13(15,16)17/h3-4,7H,5-6,8-9H2,1-2H3. The molecule has 5 heteroatoms. The minimum absolute atomic E-state index is 0.195. The number of halogens is 4. The van der Waals surface area contributed by atoms with Crippen molar-refractivity contribution in [2.75, 3.05) is 19.0 Å². The highest BCUT2D eigenvalue weighted by Gasteiger charge is 2.30. The fourth-order valence-corrected chi connectivity index (χ4v) is 1.99. The number of alkyl halides is 4. The number of aryl methyl sites for hydroxylation is 2. The first-order chi connectivity index (χ1) is 8.31. The Kier molecular flexibility index (Phi) is 5.47. The second kappa shape index (κ2) is 6.43. The summed E-state index contributed by atoms with van der Waals surface area (Å²) in [5.41, 5.74) is 3.11. The average molecular weight is 280 g/mol. The summed E-state index contributed by atoms with van der Waals surface area (Å²) >= 11 is 5.54. The Morgan fingerprint density at radius 1 is 1.17 bits per heavy atom. The van der Waals surface area contributed by atoms with E-state index in [4.69, 9.17) is 11.6 Å². The summed E-state index contributed by atoms with van der Waals surface area (Å²) in [7, 11) is 0. The van der Waals surface area contributed by atoms with Crippen LogP contribution in [0.25, 0.3) is 0 Å². The van der Waals surface area contributed by atoms with Crippen LogP contribution >= 0.6 is 11.6 Å². The third-order valence-electron chi connectivity index (χ3n) is 2.78. The Morgan fingerprint density at radius 3 is 2.33 bits per heavy atom. The molecule has 1 nitrogen and oxygen atoms in total. The molecule has 0 aliphatic carbocycles. The summed E-state index contributed by atoms with van der Waals surface area (Å²) in [4.78, 5) is 1.32. The number of rotatable bonds is 5. The van der Waals surface area contributed by atoms with Gasteiger partial charge in [-0.05, 0) is 30.5 Å². The van der Waals surface area contributed by atoms with Crippen molar-refractivity contribution in [3.8, 4) is 0 Å². The van der Waals surface area contributed by atoms with Crippen LogP contribution in [0.3, 0.4) is 0 Å². The molecule has 0 amide bonds. The smallest absolute Gasteiger partial charge is 0.290 e. The van der Waals surface area contributed by atoms with Crippen molar-refractivity contribution in [1.29, 1.82) is 0 Å². The quantitative estimate of drug-likeness (QED) is 0.739. The molecule has 0 saturated heterocycles. The van der Waals surface area contributed by atoms with E-state index in [1.54, 1.807) is 0 Å². The van der Waals surface area contributed by atoms with Gasteiger partial charge in [-0.2, -0.15) is 13.2 Å². The Balaban J connectivity index is 2.73. The molecular formula is C13H17ClF3N. The first-order valence-electron chi connectivity index (χ1n) is 5.73. The van der Waals surface area contributed by atoms with Crippen molar-refractivity contribution in [2.24, 2.45) is 0 Å². The predicted octanol–water partition coefficient (Wildman–Crippen LogP) is 3.91. The molecule has 102 valence electrons. The van der Waals surface area contributed by atoms with Gasteiger partial charge in [0, 0.05) is 19.0 Å². The molecule has 1 rings (SSSR count). The molecule has 0 spiro atoms. The number of hydrogen-bond donors (Lipinski definition) is 0. The molecule has 0 saturated carbocycles. The van der Waals surface area contributed by atoms with E-state index in [0.717, 1.165) is 16.7 Å². The summed E-state index contributed by atoms with van der Waals surface area (Å²) in [5.74, 6) is 0.195. The van der Waals surface area contributed by atoms with Gasteiger partial charge in [-0.1, -0.05) is 18.2 Å². The number of hydrogen-bond acceptors (Lipinski definition) is 1. The largest absolute Gasteiger partial charge is 0.401 e. The second-order valence-corrected chi connectivity index (χ2v) is 4.81. The van der Waals surface area contributed by atoms with E-state index in [9.17, 15) is 13.2 Å². The van der Waals surface area contributed by atoms with Crippen molar-refractivity contribution in [1.82, 2.24) is 4.90 Å². The molecule has 0 atom stereocenters. The third-order valence-corrected chi connectivity index (χ3v) is 2.95. The van der Waals surface area contributed by atoms with Crippen LogP contribution in [0, 0.1) is 13.8 Å². The summed E-state index contributed by atoms with van der Waals surface area (Å²) in [6.07, 6.45) is -4.19. The lowest BCUT2D eigenvalue weighted by Crippen LogP contribution is -2.35. The lowest BCUT2D eigenvalue weighted by Gasteiger charge is -2.23. The second-order valence-electron chi connectivity index (χ2n) is 4.43. The van der Waals surface area contributed by atoms with Crippen LogP contribution in [0.15, 0.2) is 18.2 Å². The zero-order valence-electron chi connectivity index (χ0n) is 10.5. The van der Waals surface area contributed by atoms with E-state index >= 15 is 0 Å². The molecule has 0 fully saturated rings. The van der Waals surface area contributed by atoms with Crippen molar-refractivity contribution in [2.45, 2.75) is 26.6 Å². The Hall–Kier alpha value is -0.740. The van der Waals surface area contributed by atoms with E-state index in [-0.39, 0.29) is 19.0 Å². The molecule has 0 heterocycles. The van der Waals surface area contributed by atoms with Gasteiger partial charge in [0.15, 0.2) is 0 Å². The lowest BCUT2D eigenvalue weighted by molar-refractivity contribution is -0.146. The summed E-state index contributed by atoms with van der Waals surface area (Å²) < 4.78 is 37.2. The SMILES string of the molecule is Cc1ccc(CN(CCCl)CC(F)(F)F)cc1C. The maximum Gasteiger partial charge on any atom is 0.401 e. The zero-order chi connectivity index (χ0) is 13.8. The minimum atomic E-state index is -4.19. The third kappa shape index (κ3) is 5.27. The van der Waals surface area contributed by atoms with Crippen LogP contribution in [0.4, 0.5) is 13.2 Å². The molecule has 0 unspecified atom stereocenters. The molecule has 1 aromatic rings. The Labute approximate surface area is 111 Å². The topological polar surface area (TPSA) is 3.24 Å². The van der Waals surface area contributed by atoms with Crippen molar-refractivity contribution >= 4 is 11.6 Å². The lowest BCUT2D eigenvalue weighted by atomic mass is 10.1. The van der Waals surface area contributed by atoms with Gasteiger partial charge in [0.25, 0.3) is 0 Å². The summed E-state index contributed by atoms with van der Waals surface area (Å²) in [6, 6.07) is 5.71. The van der Waals surface area contributed by atoms with Crippen LogP contribution in [0.5, 0.6) is 0 Å². The van der Waals surface area contributed by atoms with Crippen molar-refractivity contribution < 1.29 is 13.2 Å². The van der Waals surface area contributed by atoms with Crippen LogP contribution in [0.1, 0.15) is 16.7 Å². The van der Waals surface area contributed by atoms with Gasteiger partial charge in [0.1, 0.15) is 0 Å². The first-order valence-corrected chi connectivity index (χ1v) is 6.26. The maximum absolute atomic E-state index is 12.4. The number of nitrogens with zero attached hydrogens (tertiary/aromatic N) is 1. The highest BCUT2D eigenvalue weighted by Crippen LogP contribution is 2.19. The van der Waals surface area contributed by atoms with Gasteiger partial charge < -0.3 is 0 Å². The van der Waals surface area contributed by atoms with E-state index < -0.39 is 12.7 Å². The molecule has 18 heavy (non-hydrogen) atoms. The van der Waals surface area contributed by atoms with E-state index in [0.29, 0.717) is 0 Å². The van der Waals surface area contributed by atoms with Crippen LogP contribution in [-0.2, 0) is 6.54 Å². The van der Waals surface area contributed by atoms with E-state index in [2.05, 4.69) is 0 Å². The summed E-state index contributed by atoms with van der Waals surface area (Å²) in [5, 5.41) is 0. The van der Waals surface area contributed by atoms with Crippen LogP contribution in [-0.4, -0.2) is 30.0 Å². The van der Waals surface area contributed by atoms with Crippen molar-refractivity contribution in [3.05, 3.63) is 34.9 Å². The van der Waals surface area contributed by atoms with Crippen LogP contribution < -0.4 is 0 Å². The van der Waals surface area contributed by atoms with Crippen molar-refractivity contribution in [3.63, 3.8) is 0 Å². The molecule has 0 aliphatic heterocycles. The van der Waals surface area contributed by atoms with Gasteiger partial charge in [0.05, 0.1) is 6.54 Å². The molecule has 0 N–H and O–H groups in total. The molecular weight excluding hydrogens is 263 g/mol. The fraction of sp³-hybridized carbons (Fsp3) is 0.538. The normalized spacial score (nSPS) is 12.2. The highest BCUT2D eigenvalue weighted by atomic mass is 35.5. The fourth-order valence-electron chi connectivity index (χ4n) is 1.75. The number of benzene rings is 1. The predicted molar refractivity (Wildman–Crippen MR) is 68.0 cm³/mol. The van der Waals surface area contributed by atoms with E-state index in [1.165, 1.54) is 4.90 Å². The van der Waals surface area contributed by atoms with Crippen LogP contribution in [0.2, 0.25) is 0 Å². The highest BCUT2D eigenvalue weighted by molar-refractivity contribution is 6.18. The average Bonchev–Trinajstić information content (AvgIpc) is 2.21.